The van der Waals surface area contributed by atoms with Gasteiger partial charge in [-0.15, -0.1) is 24.0 Å². The molecule has 0 atom stereocenters. The van der Waals surface area contributed by atoms with Crippen molar-refractivity contribution in [3.63, 3.8) is 0 Å². The van der Waals surface area contributed by atoms with Crippen LogP contribution in [0.3, 0.4) is 0 Å². The van der Waals surface area contributed by atoms with E-state index < -0.39 is 5.91 Å². The van der Waals surface area contributed by atoms with Crippen LogP contribution in [0, 0.1) is 6.92 Å². The molecule has 0 aliphatic heterocycles. The number of benzene rings is 2. The second-order valence-corrected chi connectivity index (χ2v) is 6.59. The number of guanidine groups is 1. The largest absolute Gasteiger partial charge is 0.368 e. The van der Waals surface area contributed by atoms with Crippen LogP contribution in [0.4, 0.5) is 0 Å². The number of rotatable bonds is 7. The van der Waals surface area contributed by atoms with Gasteiger partial charge in [-0.05, 0) is 30.2 Å². The normalized spacial score (nSPS) is 10.7. The quantitative estimate of drug-likeness (QED) is 0.302. The molecule has 0 bridgehead atoms. The van der Waals surface area contributed by atoms with Crippen molar-refractivity contribution >= 4 is 41.8 Å². The molecule has 4 N–H and O–H groups in total. The van der Waals surface area contributed by atoms with E-state index in [2.05, 4.69) is 51.7 Å². The third kappa shape index (κ3) is 8.10. The van der Waals surface area contributed by atoms with E-state index in [-0.39, 0.29) is 36.4 Å². The van der Waals surface area contributed by atoms with E-state index in [4.69, 9.17) is 5.73 Å². The predicted molar refractivity (Wildman–Crippen MR) is 126 cm³/mol. The van der Waals surface area contributed by atoms with Crippen LogP contribution in [0.5, 0.6) is 0 Å². The molecule has 0 heterocycles. The Bertz CT molecular complexity index is 835. The fourth-order valence-electron chi connectivity index (χ4n) is 2.65. The van der Waals surface area contributed by atoms with Crippen LogP contribution in [0.25, 0.3) is 0 Å². The summed E-state index contributed by atoms with van der Waals surface area (Å²) >= 11 is 0. The third-order valence-corrected chi connectivity index (χ3v) is 4.20. The molecule has 2 rings (SSSR count). The van der Waals surface area contributed by atoms with Crippen molar-refractivity contribution in [2.75, 3.05) is 20.6 Å². The summed E-state index contributed by atoms with van der Waals surface area (Å²) in [5.41, 5.74) is 8.96. The highest BCUT2D eigenvalue weighted by Gasteiger charge is 2.08. The SMILES string of the molecule is CN=C(NCc1ccc(C(=O)NCC(N)=O)cc1)N(C)Cc1ccc(C)cc1.I. The highest BCUT2D eigenvalue weighted by Crippen LogP contribution is 2.07. The summed E-state index contributed by atoms with van der Waals surface area (Å²) in [5.74, 6) is -0.119. The van der Waals surface area contributed by atoms with Gasteiger partial charge in [-0.1, -0.05) is 42.0 Å². The van der Waals surface area contributed by atoms with E-state index in [9.17, 15) is 9.59 Å². The lowest BCUT2D eigenvalue weighted by atomic mass is 10.1. The number of halogens is 1. The van der Waals surface area contributed by atoms with E-state index in [0.29, 0.717) is 12.1 Å². The summed E-state index contributed by atoms with van der Waals surface area (Å²) in [6.45, 7) is 3.22. The predicted octanol–water partition coefficient (Wildman–Crippen LogP) is 2.04. The number of carbonyl (C=O) groups excluding carboxylic acids is 2. The fourth-order valence-corrected chi connectivity index (χ4v) is 2.65. The zero-order valence-electron chi connectivity index (χ0n) is 16.9. The number of amides is 2. The lowest BCUT2D eigenvalue weighted by Gasteiger charge is -2.22. The summed E-state index contributed by atoms with van der Waals surface area (Å²) in [6.07, 6.45) is 0. The molecule has 2 aromatic carbocycles. The van der Waals surface area contributed by atoms with Crippen LogP contribution < -0.4 is 16.4 Å². The Hall–Kier alpha value is -2.62. The Labute approximate surface area is 188 Å². The first-order valence-electron chi connectivity index (χ1n) is 9.02. The Morgan fingerprint density at radius 1 is 1.00 bits per heavy atom. The van der Waals surface area contributed by atoms with Gasteiger partial charge in [0.2, 0.25) is 5.91 Å². The lowest BCUT2D eigenvalue weighted by Crippen LogP contribution is -2.38. The summed E-state index contributed by atoms with van der Waals surface area (Å²) in [6, 6.07) is 15.6. The molecular formula is C21H28IN5O2. The molecule has 0 fully saturated rings. The maximum absolute atomic E-state index is 11.9. The van der Waals surface area contributed by atoms with Crippen molar-refractivity contribution < 1.29 is 9.59 Å². The Balaban J connectivity index is 0.00000420. The molecule has 0 aromatic heterocycles. The zero-order chi connectivity index (χ0) is 20.5. The first-order chi connectivity index (χ1) is 13.4. The monoisotopic (exact) mass is 509 g/mol. The lowest BCUT2D eigenvalue weighted by molar-refractivity contribution is -0.117. The molecule has 29 heavy (non-hydrogen) atoms. The summed E-state index contributed by atoms with van der Waals surface area (Å²) in [4.78, 5) is 29.0. The Morgan fingerprint density at radius 3 is 2.14 bits per heavy atom. The topological polar surface area (TPSA) is 99.8 Å². The van der Waals surface area contributed by atoms with Gasteiger partial charge in [-0.3, -0.25) is 14.6 Å². The van der Waals surface area contributed by atoms with Crippen molar-refractivity contribution in [3.8, 4) is 0 Å². The van der Waals surface area contributed by atoms with E-state index >= 15 is 0 Å². The fraction of sp³-hybridized carbons (Fsp3) is 0.286. The van der Waals surface area contributed by atoms with Gasteiger partial charge < -0.3 is 21.3 Å². The molecule has 0 unspecified atom stereocenters. The molecule has 0 radical (unpaired) electrons. The van der Waals surface area contributed by atoms with Crippen molar-refractivity contribution in [1.29, 1.82) is 0 Å². The molecule has 0 spiro atoms. The van der Waals surface area contributed by atoms with Gasteiger partial charge in [0, 0.05) is 32.7 Å². The van der Waals surface area contributed by atoms with Gasteiger partial charge in [-0.2, -0.15) is 0 Å². The average molecular weight is 509 g/mol. The number of nitrogens with two attached hydrogens (primary N) is 1. The number of aliphatic imine (C=N–C) groups is 1. The number of hydrogen-bond donors (Lipinski definition) is 3. The third-order valence-electron chi connectivity index (χ3n) is 4.20. The van der Waals surface area contributed by atoms with Crippen LogP contribution in [-0.2, 0) is 17.9 Å². The highest BCUT2D eigenvalue weighted by molar-refractivity contribution is 14.0. The van der Waals surface area contributed by atoms with E-state index in [1.54, 1.807) is 19.2 Å². The number of nitrogens with zero attached hydrogens (tertiary/aromatic N) is 2. The van der Waals surface area contributed by atoms with Crippen LogP contribution >= 0.6 is 24.0 Å². The van der Waals surface area contributed by atoms with Crippen LogP contribution in [-0.4, -0.2) is 43.3 Å². The molecule has 0 saturated heterocycles. The number of aryl methyl sites for hydroxylation is 1. The first kappa shape index (κ1) is 24.4. The number of carbonyl (C=O) groups is 2. The van der Waals surface area contributed by atoms with Crippen LogP contribution in [0.15, 0.2) is 53.5 Å². The molecule has 2 aromatic rings. The number of nitrogens with one attached hydrogen (secondary N) is 2. The van der Waals surface area contributed by atoms with Crippen LogP contribution in [0.1, 0.15) is 27.0 Å². The molecule has 7 nitrogen and oxygen atoms in total. The second-order valence-electron chi connectivity index (χ2n) is 6.59. The minimum absolute atomic E-state index is 0. The maximum Gasteiger partial charge on any atom is 0.251 e. The van der Waals surface area contributed by atoms with Gasteiger partial charge in [0.1, 0.15) is 0 Å². The van der Waals surface area contributed by atoms with Crippen LogP contribution in [0.2, 0.25) is 0 Å². The molecule has 2 amide bonds. The van der Waals surface area contributed by atoms with Gasteiger partial charge in [-0.25, -0.2) is 0 Å². The minimum atomic E-state index is -0.574. The molecule has 8 heteroatoms. The number of primary amides is 1. The van der Waals surface area contributed by atoms with E-state index in [0.717, 1.165) is 18.1 Å². The minimum Gasteiger partial charge on any atom is -0.368 e. The van der Waals surface area contributed by atoms with Gasteiger partial charge >= 0.3 is 0 Å². The first-order valence-corrected chi connectivity index (χ1v) is 9.02. The number of hydrogen-bond acceptors (Lipinski definition) is 3. The smallest absolute Gasteiger partial charge is 0.251 e. The summed E-state index contributed by atoms with van der Waals surface area (Å²) in [7, 11) is 3.74. The van der Waals surface area contributed by atoms with Crippen molar-refractivity contribution in [3.05, 3.63) is 70.8 Å². The molecule has 156 valence electrons. The van der Waals surface area contributed by atoms with Gasteiger partial charge in [0.15, 0.2) is 5.96 Å². The molecule has 0 saturated carbocycles. The maximum atomic E-state index is 11.9. The molecule has 0 aliphatic rings. The molecular weight excluding hydrogens is 481 g/mol. The average Bonchev–Trinajstić information content (AvgIpc) is 2.68. The highest BCUT2D eigenvalue weighted by atomic mass is 127. The molecule has 0 aliphatic carbocycles. The Kier molecular flexibility index (Phi) is 10.1. The van der Waals surface area contributed by atoms with E-state index in [1.807, 2.05) is 19.2 Å². The summed E-state index contributed by atoms with van der Waals surface area (Å²) < 4.78 is 0. The van der Waals surface area contributed by atoms with Crippen molar-refractivity contribution in [2.45, 2.75) is 20.0 Å². The van der Waals surface area contributed by atoms with Crippen molar-refractivity contribution in [2.24, 2.45) is 10.7 Å². The van der Waals surface area contributed by atoms with Gasteiger partial charge in [0.25, 0.3) is 5.91 Å². The van der Waals surface area contributed by atoms with Gasteiger partial charge in [0.05, 0.1) is 6.54 Å². The summed E-state index contributed by atoms with van der Waals surface area (Å²) in [5, 5.41) is 5.78. The van der Waals surface area contributed by atoms with E-state index in [1.165, 1.54) is 11.1 Å². The Morgan fingerprint density at radius 2 is 1.59 bits per heavy atom. The van der Waals surface area contributed by atoms with Crippen molar-refractivity contribution in [1.82, 2.24) is 15.5 Å². The second kappa shape index (κ2) is 12.1. The standard InChI is InChI=1S/C21H27N5O2.HI/c1-15-4-6-17(7-5-15)14-26(3)21(23-2)25-12-16-8-10-18(11-9-16)20(28)24-13-19(22)27;/h4-11H,12-14H2,1-3H3,(H2,22,27)(H,23,25)(H,24,28);1H. The zero-order valence-corrected chi connectivity index (χ0v) is 19.3.